The molecule has 3 aromatic rings. The lowest BCUT2D eigenvalue weighted by atomic mass is 9.95. The van der Waals surface area contributed by atoms with E-state index in [4.69, 9.17) is 9.47 Å². The lowest BCUT2D eigenvalue weighted by Gasteiger charge is -2.26. The zero-order valence-corrected chi connectivity index (χ0v) is 20.2. The molecule has 1 fully saturated rings. The van der Waals surface area contributed by atoms with Crippen LogP contribution in [0.3, 0.4) is 0 Å². The summed E-state index contributed by atoms with van der Waals surface area (Å²) >= 11 is 0. The van der Waals surface area contributed by atoms with Gasteiger partial charge in [0.05, 0.1) is 25.3 Å². The molecule has 1 unspecified atom stereocenters. The van der Waals surface area contributed by atoms with Crippen LogP contribution >= 0.6 is 0 Å². The van der Waals surface area contributed by atoms with E-state index in [1.807, 2.05) is 37.3 Å². The fourth-order valence-corrected chi connectivity index (χ4v) is 4.20. The van der Waals surface area contributed by atoms with Gasteiger partial charge in [0.25, 0.3) is 11.7 Å². The Hall–Kier alpha value is -4.06. The maximum absolute atomic E-state index is 13.3. The number of aryl methyl sites for hydroxylation is 1. The Morgan fingerprint density at radius 2 is 1.66 bits per heavy atom. The molecule has 0 aliphatic carbocycles. The highest BCUT2D eigenvalue weighted by Crippen LogP contribution is 2.43. The highest BCUT2D eigenvalue weighted by Gasteiger charge is 2.47. The summed E-state index contributed by atoms with van der Waals surface area (Å²) in [7, 11) is 1.56. The summed E-state index contributed by atoms with van der Waals surface area (Å²) in [6.07, 6.45) is 1.74. The van der Waals surface area contributed by atoms with Crippen LogP contribution in [0.4, 0.5) is 5.69 Å². The first-order valence-corrected chi connectivity index (χ1v) is 11.8. The third-order valence-electron chi connectivity index (χ3n) is 6.08. The molecule has 6 nitrogen and oxygen atoms in total. The number of rotatable bonds is 8. The number of carbonyl (C=O) groups excluding carboxylic acids is 2. The van der Waals surface area contributed by atoms with Crippen LogP contribution in [0, 0.1) is 0 Å². The van der Waals surface area contributed by atoms with Crippen molar-refractivity contribution in [3.05, 3.63) is 95.1 Å². The minimum atomic E-state index is -0.811. The quantitative estimate of drug-likeness (QED) is 0.260. The van der Waals surface area contributed by atoms with Crippen molar-refractivity contribution in [3.8, 4) is 11.5 Å². The van der Waals surface area contributed by atoms with Crippen molar-refractivity contribution in [3.63, 3.8) is 0 Å². The molecule has 0 bridgehead atoms. The molecule has 6 heteroatoms. The largest absolute Gasteiger partial charge is 0.507 e. The van der Waals surface area contributed by atoms with Gasteiger partial charge < -0.3 is 14.6 Å². The van der Waals surface area contributed by atoms with Crippen molar-refractivity contribution in [1.82, 2.24) is 0 Å². The van der Waals surface area contributed by atoms with E-state index in [-0.39, 0.29) is 11.3 Å². The Balaban J connectivity index is 1.85. The average molecular weight is 472 g/mol. The van der Waals surface area contributed by atoms with Crippen LogP contribution in [0.5, 0.6) is 11.5 Å². The Kier molecular flexibility index (Phi) is 7.20. The van der Waals surface area contributed by atoms with Gasteiger partial charge in [-0.15, -0.1) is 0 Å². The van der Waals surface area contributed by atoms with Crippen LogP contribution in [-0.4, -0.2) is 30.5 Å². The molecular formula is C29H29NO5. The Labute approximate surface area is 205 Å². The standard InChI is InChI=1S/C29H29NO5/c1-4-17-35-23-15-11-20(12-16-23)27(31)25-26(21-7-6-8-24(18-21)34-3)30(29(33)28(25)32)22-13-9-19(5-2)10-14-22/h6-16,18,26,31H,4-5,17H2,1-3H3/b27-25-. The highest BCUT2D eigenvalue weighted by atomic mass is 16.5. The molecule has 1 aliphatic rings. The molecule has 0 aromatic heterocycles. The summed E-state index contributed by atoms with van der Waals surface area (Å²) in [5, 5.41) is 11.3. The summed E-state index contributed by atoms with van der Waals surface area (Å²) in [5.74, 6) is -0.394. The lowest BCUT2D eigenvalue weighted by molar-refractivity contribution is -0.132. The normalized spacial score (nSPS) is 17.0. The minimum Gasteiger partial charge on any atom is -0.507 e. The minimum absolute atomic E-state index is 0.0325. The van der Waals surface area contributed by atoms with Crippen LogP contribution in [0.25, 0.3) is 5.76 Å². The predicted octanol–water partition coefficient (Wildman–Crippen LogP) is 5.67. The van der Waals surface area contributed by atoms with E-state index in [0.717, 1.165) is 18.4 Å². The lowest BCUT2D eigenvalue weighted by Crippen LogP contribution is -2.29. The fraction of sp³-hybridized carbons (Fsp3) is 0.241. The van der Waals surface area contributed by atoms with Gasteiger partial charge in [-0.1, -0.05) is 38.1 Å². The number of methoxy groups -OCH3 is 1. The van der Waals surface area contributed by atoms with Crippen molar-refractivity contribution < 1.29 is 24.2 Å². The highest BCUT2D eigenvalue weighted by molar-refractivity contribution is 6.51. The molecular weight excluding hydrogens is 442 g/mol. The summed E-state index contributed by atoms with van der Waals surface area (Å²) in [6.45, 7) is 4.66. The van der Waals surface area contributed by atoms with E-state index in [9.17, 15) is 14.7 Å². The summed E-state index contributed by atoms with van der Waals surface area (Å²) < 4.78 is 11.0. The number of amides is 1. The zero-order chi connectivity index (χ0) is 24.9. The topological polar surface area (TPSA) is 76.1 Å². The first-order valence-electron chi connectivity index (χ1n) is 11.8. The molecule has 0 spiro atoms. The maximum atomic E-state index is 13.3. The number of carbonyl (C=O) groups is 2. The predicted molar refractivity (Wildman–Crippen MR) is 136 cm³/mol. The van der Waals surface area contributed by atoms with E-state index in [1.54, 1.807) is 49.6 Å². The first-order chi connectivity index (χ1) is 17.0. The molecule has 3 aromatic carbocycles. The van der Waals surface area contributed by atoms with E-state index < -0.39 is 17.7 Å². The van der Waals surface area contributed by atoms with Crippen LogP contribution in [-0.2, 0) is 16.0 Å². The number of ketones is 1. The van der Waals surface area contributed by atoms with Gasteiger partial charge in [-0.3, -0.25) is 14.5 Å². The second-order valence-corrected chi connectivity index (χ2v) is 8.34. The van der Waals surface area contributed by atoms with Gasteiger partial charge >= 0.3 is 0 Å². The molecule has 1 atom stereocenters. The molecule has 1 amide bonds. The zero-order valence-electron chi connectivity index (χ0n) is 20.2. The summed E-state index contributed by atoms with van der Waals surface area (Å²) in [5.41, 5.74) is 2.83. The third kappa shape index (κ3) is 4.78. The van der Waals surface area contributed by atoms with Crippen LogP contribution in [0.15, 0.2) is 78.4 Å². The summed E-state index contributed by atoms with van der Waals surface area (Å²) in [4.78, 5) is 28.1. The SMILES string of the molecule is CCCOc1ccc(/C(O)=C2/C(=O)C(=O)N(c3ccc(CC)cc3)C2c2cccc(OC)c2)cc1. The number of anilines is 1. The van der Waals surface area contributed by atoms with Gasteiger partial charge in [0, 0.05) is 11.3 Å². The van der Waals surface area contributed by atoms with E-state index in [1.165, 1.54) is 4.90 Å². The van der Waals surface area contributed by atoms with Crippen LogP contribution in [0.2, 0.25) is 0 Å². The number of nitrogens with zero attached hydrogens (tertiary/aromatic N) is 1. The van der Waals surface area contributed by atoms with Crippen LogP contribution < -0.4 is 14.4 Å². The van der Waals surface area contributed by atoms with Gasteiger partial charge in [0.2, 0.25) is 0 Å². The van der Waals surface area contributed by atoms with E-state index >= 15 is 0 Å². The second kappa shape index (κ2) is 10.5. The number of aliphatic hydroxyl groups excluding tert-OH is 1. The van der Waals surface area contributed by atoms with Gasteiger partial charge in [-0.2, -0.15) is 0 Å². The maximum Gasteiger partial charge on any atom is 0.300 e. The second-order valence-electron chi connectivity index (χ2n) is 8.34. The monoisotopic (exact) mass is 471 g/mol. The Bertz CT molecular complexity index is 1240. The molecule has 1 aliphatic heterocycles. The van der Waals surface area contributed by atoms with Gasteiger partial charge in [0.15, 0.2) is 0 Å². The van der Waals surface area contributed by atoms with Gasteiger partial charge in [-0.25, -0.2) is 0 Å². The molecule has 35 heavy (non-hydrogen) atoms. The molecule has 180 valence electrons. The molecule has 4 rings (SSSR count). The van der Waals surface area contributed by atoms with Crippen molar-refractivity contribution in [1.29, 1.82) is 0 Å². The smallest absolute Gasteiger partial charge is 0.300 e. The fourth-order valence-electron chi connectivity index (χ4n) is 4.20. The van der Waals surface area contributed by atoms with Crippen molar-refractivity contribution in [2.75, 3.05) is 18.6 Å². The van der Waals surface area contributed by atoms with Crippen LogP contribution in [0.1, 0.15) is 43.0 Å². The number of benzene rings is 3. The van der Waals surface area contributed by atoms with Gasteiger partial charge in [-0.05, 0) is 72.5 Å². The Morgan fingerprint density at radius 1 is 0.943 bits per heavy atom. The molecule has 1 heterocycles. The molecule has 1 saturated heterocycles. The Morgan fingerprint density at radius 3 is 2.29 bits per heavy atom. The number of ether oxygens (including phenoxy) is 2. The number of aliphatic hydroxyl groups is 1. The van der Waals surface area contributed by atoms with Crippen molar-refractivity contribution in [2.45, 2.75) is 32.7 Å². The van der Waals surface area contributed by atoms with Gasteiger partial charge in [0.1, 0.15) is 17.3 Å². The van der Waals surface area contributed by atoms with E-state index in [2.05, 4.69) is 6.92 Å². The summed E-state index contributed by atoms with van der Waals surface area (Å²) in [6, 6.07) is 20.8. The molecule has 1 N–H and O–H groups in total. The van der Waals surface area contributed by atoms with E-state index in [0.29, 0.717) is 34.9 Å². The third-order valence-corrected chi connectivity index (χ3v) is 6.08. The first kappa shape index (κ1) is 24.1. The average Bonchev–Trinajstić information content (AvgIpc) is 3.17. The molecule has 0 radical (unpaired) electrons. The number of hydrogen-bond donors (Lipinski definition) is 1. The van der Waals surface area contributed by atoms with Crippen molar-refractivity contribution >= 4 is 23.1 Å². The molecule has 0 saturated carbocycles. The number of hydrogen-bond acceptors (Lipinski definition) is 5. The van der Waals surface area contributed by atoms with Crippen molar-refractivity contribution in [2.24, 2.45) is 0 Å². The number of Topliss-reactive ketones (excluding diaryl/α,β-unsaturated/α-hetero) is 1.